The molecule has 144 valence electrons. The molecule has 0 atom stereocenters. The Bertz CT molecular complexity index is 1080. The van der Waals surface area contributed by atoms with Gasteiger partial charge in [0, 0.05) is 33.6 Å². The molecule has 0 unspecified atom stereocenters. The van der Waals surface area contributed by atoms with Gasteiger partial charge in [-0.2, -0.15) is 4.99 Å². The summed E-state index contributed by atoms with van der Waals surface area (Å²) in [6, 6.07) is 13.6. The molecule has 0 radical (unpaired) electrons. The number of aryl methyl sites for hydroxylation is 1. The first-order chi connectivity index (χ1) is 13.4. The number of rotatable bonds is 5. The van der Waals surface area contributed by atoms with Crippen LogP contribution in [0.4, 0.5) is 5.69 Å². The van der Waals surface area contributed by atoms with Gasteiger partial charge in [-0.25, -0.2) is 0 Å². The number of carbonyl (C=O) groups excluding carboxylic acids is 1. The molecule has 8 heteroatoms. The number of nitrogens with zero attached hydrogens (tertiary/aromatic N) is 3. The van der Waals surface area contributed by atoms with E-state index in [0.29, 0.717) is 16.9 Å². The van der Waals surface area contributed by atoms with Crippen LogP contribution in [0, 0.1) is 10.1 Å². The zero-order valence-electron chi connectivity index (χ0n) is 15.4. The molecule has 1 amide bonds. The van der Waals surface area contributed by atoms with Gasteiger partial charge in [-0.1, -0.05) is 35.0 Å². The van der Waals surface area contributed by atoms with Gasteiger partial charge in [0.15, 0.2) is 4.80 Å². The summed E-state index contributed by atoms with van der Waals surface area (Å²) in [6.45, 7) is 4.77. The third-order valence-corrected chi connectivity index (χ3v) is 6.01. The molecule has 6 nitrogen and oxygen atoms in total. The molecule has 1 heterocycles. The molecule has 0 aliphatic carbocycles. The Morgan fingerprint density at radius 3 is 2.32 bits per heavy atom. The largest absolute Gasteiger partial charge is 0.316 e. The number of hydrogen-bond acceptors (Lipinski definition) is 4. The summed E-state index contributed by atoms with van der Waals surface area (Å²) in [5.74, 6) is -0.414. The molecule has 28 heavy (non-hydrogen) atoms. The van der Waals surface area contributed by atoms with E-state index in [1.807, 2.05) is 35.8 Å². The van der Waals surface area contributed by atoms with Crippen LogP contribution >= 0.6 is 27.3 Å². The summed E-state index contributed by atoms with van der Waals surface area (Å²) in [7, 11) is 0. The highest BCUT2D eigenvalue weighted by Gasteiger charge is 2.15. The molecule has 2 aromatic carbocycles. The Morgan fingerprint density at radius 2 is 1.79 bits per heavy atom. The Morgan fingerprint density at radius 1 is 1.14 bits per heavy atom. The van der Waals surface area contributed by atoms with Gasteiger partial charge in [0.2, 0.25) is 0 Å². The second-order valence-electron chi connectivity index (χ2n) is 5.98. The van der Waals surface area contributed by atoms with Crippen molar-refractivity contribution in [3.05, 3.63) is 78.4 Å². The van der Waals surface area contributed by atoms with Crippen molar-refractivity contribution in [2.75, 3.05) is 0 Å². The minimum Gasteiger partial charge on any atom is -0.316 e. The van der Waals surface area contributed by atoms with Gasteiger partial charge in [-0.15, -0.1) is 11.3 Å². The molecular weight excluding hydrogens is 442 g/mol. The molecule has 0 fully saturated rings. The molecule has 0 saturated carbocycles. The molecule has 0 bridgehead atoms. The highest BCUT2D eigenvalue weighted by atomic mass is 79.9. The molecule has 0 spiro atoms. The van der Waals surface area contributed by atoms with Gasteiger partial charge < -0.3 is 4.57 Å². The predicted molar refractivity (Wildman–Crippen MR) is 113 cm³/mol. The standard InChI is InChI=1S/C20H18BrN3O3S/c1-3-17-18(13-5-9-15(21)10-6-13)23(4-2)20(28-17)22-19(25)14-7-11-16(12-8-14)24(26)27/h5-12H,3-4H2,1-2H3. The molecule has 1 aromatic heterocycles. The van der Waals surface area contributed by atoms with Gasteiger partial charge in [-0.05, 0) is 43.2 Å². The molecule has 0 N–H and O–H groups in total. The molecule has 0 aliphatic heterocycles. The van der Waals surface area contributed by atoms with Gasteiger partial charge in [0.1, 0.15) is 0 Å². The quantitative estimate of drug-likeness (QED) is 0.387. The summed E-state index contributed by atoms with van der Waals surface area (Å²) >= 11 is 4.95. The van der Waals surface area contributed by atoms with Crippen LogP contribution in [0.3, 0.4) is 0 Å². The van der Waals surface area contributed by atoms with E-state index < -0.39 is 10.8 Å². The van der Waals surface area contributed by atoms with Crippen LogP contribution in [-0.4, -0.2) is 15.4 Å². The summed E-state index contributed by atoms with van der Waals surface area (Å²) in [6.07, 6.45) is 0.831. The molecular formula is C20H18BrN3O3S. The molecule has 0 aliphatic rings. The van der Waals surface area contributed by atoms with Crippen LogP contribution in [0.2, 0.25) is 0 Å². The van der Waals surface area contributed by atoms with Crippen LogP contribution in [-0.2, 0) is 13.0 Å². The van der Waals surface area contributed by atoms with Crippen molar-refractivity contribution in [3.63, 3.8) is 0 Å². The number of nitro benzene ring substituents is 1. The topological polar surface area (TPSA) is 77.5 Å². The Kier molecular flexibility index (Phi) is 6.21. The number of halogens is 1. The Labute approximate surface area is 174 Å². The lowest BCUT2D eigenvalue weighted by Gasteiger charge is -2.08. The van der Waals surface area contributed by atoms with Gasteiger partial charge >= 0.3 is 0 Å². The average molecular weight is 460 g/mol. The maximum Gasteiger partial charge on any atom is 0.279 e. The Balaban J connectivity index is 2.07. The van der Waals surface area contributed by atoms with Crippen molar-refractivity contribution in [1.82, 2.24) is 4.57 Å². The summed E-state index contributed by atoms with van der Waals surface area (Å²) in [5, 5.41) is 10.8. The lowest BCUT2D eigenvalue weighted by molar-refractivity contribution is -0.384. The third-order valence-electron chi connectivity index (χ3n) is 4.26. The SMILES string of the molecule is CCc1sc(=NC(=O)c2ccc([N+](=O)[O-])cc2)n(CC)c1-c1ccc(Br)cc1. The van der Waals surface area contributed by atoms with E-state index in [-0.39, 0.29) is 5.69 Å². The first-order valence-corrected chi connectivity index (χ1v) is 10.4. The van der Waals surface area contributed by atoms with E-state index in [2.05, 4.69) is 27.8 Å². The number of aromatic nitrogens is 1. The van der Waals surface area contributed by atoms with E-state index in [1.54, 1.807) is 0 Å². The van der Waals surface area contributed by atoms with Crippen LogP contribution in [0.5, 0.6) is 0 Å². The van der Waals surface area contributed by atoms with Crippen LogP contribution < -0.4 is 4.80 Å². The van der Waals surface area contributed by atoms with Gasteiger partial charge in [0.05, 0.1) is 10.6 Å². The normalized spacial score (nSPS) is 11.6. The number of thiazole rings is 1. The lowest BCUT2D eigenvalue weighted by Crippen LogP contribution is -2.17. The maximum atomic E-state index is 12.6. The summed E-state index contributed by atoms with van der Waals surface area (Å²) < 4.78 is 3.04. The minimum atomic E-state index is -0.492. The summed E-state index contributed by atoms with van der Waals surface area (Å²) in [5.41, 5.74) is 2.41. The van der Waals surface area contributed by atoms with Crippen LogP contribution in [0.25, 0.3) is 11.3 Å². The van der Waals surface area contributed by atoms with Crippen molar-refractivity contribution in [3.8, 4) is 11.3 Å². The highest BCUT2D eigenvalue weighted by Crippen LogP contribution is 2.28. The smallest absolute Gasteiger partial charge is 0.279 e. The molecule has 3 rings (SSSR count). The zero-order chi connectivity index (χ0) is 20.3. The fourth-order valence-electron chi connectivity index (χ4n) is 2.88. The van der Waals surface area contributed by atoms with E-state index in [0.717, 1.165) is 27.0 Å². The monoisotopic (exact) mass is 459 g/mol. The van der Waals surface area contributed by atoms with Gasteiger partial charge in [-0.3, -0.25) is 14.9 Å². The van der Waals surface area contributed by atoms with E-state index >= 15 is 0 Å². The average Bonchev–Trinajstić information content (AvgIpc) is 3.05. The second-order valence-corrected chi connectivity index (χ2v) is 7.96. The van der Waals surface area contributed by atoms with E-state index in [9.17, 15) is 14.9 Å². The summed E-state index contributed by atoms with van der Waals surface area (Å²) in [4.78, 5) is 29.0. The number of nitro groups is 1. The van der Waals surface area contributed by atoms with Crippen molar-refractivity contribution in [2.45, 2.75) is 26.8 Å². The van der Waals surface area contributed by atoms with Crippen molar-refractivity contribution < 1.29 is 9.72 Å². The predicted octanol–water partition coefficient (Wildman–Crippen LogP) is 5.21. The highest BCUT2D eigenvalue weighted by molar-refractivity contribution is 9.10. The molecule has 3 aromatic rings. The fourth-order valence-corrected chi connectivity index (χ4v) is 4.29. The zero-order valence-corrected chi connectivity index (χ0v) is 17.8. The third kappa shape index (κ3) is 4.13. The van der Waals surface area contributed by atoms with Gasteiger partial charge in [0.25, 0.3) is 11.6 Å². The van der Waals surface area contributed by atoms with E-state index in [4.69, 9.17) is 0 Å². The maximum absolute atomic E-state index is 12.6. The van der Waals surface area contributed by atoms with Crippen molar-refractivity contribution in [1.29, 1.82) is 0 Å². The first kappa shape index (κ1) is 20.2. The molecule has 0 saturated heterocycles. The fraction of sp³-hybridized carbons (Fsp3) is 0.200. The van der Waals surface area contributed by atoms with Crippen molar-refractivity contribution >= 4 is 38.9 Å². The minimum absolute atomic E-state index is 0.0536. The van der Waals surface area contributed by atoms with E-state index in [1.165, 1.54) is 35.6 Å². The number of carbonyl (C=O) groups is 1. The Hall–Kier alpha value is -2.58. The number of non-ortho nitro benzene ring substituents is 1. The second kappa shape index (κ2) is 8.62. The number of benzene rings is 2. The number of hydrogen-bond donors (Lipinski definition) is 0. The number of amides is 1. The van der Waals surface area contributed by atoms with Crippen molar-refractivity contribution in [2.24, 2.45) is 4.99 Å². The first-order valence-electron chi connectivity index (χ1n) is 8.76. The van der Waals surface area contributed by atoms with Crippen LogP contribution in [0.15, 0.2) is 58.0 Å². The lowest BCUT2D eigenvalue weighted by atomic mass is 10.1. The van der Waals surface area contributed by atoms with Crippen LogP contribution in [0.1, 0.15) is 29.1 Å².